The number of aromatic nitrogens is 1. The van der Waals surface area contributed by atoms with Gasteiger partial charge in [-0.2, -0.15) is 0 Å². The number of ether oxygens (including phenoxy) is 2. The maximum Gasteiger partial charge on any atom is 0.128 e. The molecule has 0 saturated carbocycles. The number of hydrogen-bond donors (Lipinski definition) is 2. The van der Waals surface area contributed by atoms with Crippen molar-refractivity contribution in [2.24, 2.45) is 0 Å². The molecule has 1 aromatic heterocycles. The number of nitrogens with two attached hydrogens (primary N) is 1. The van der Waals surface area contributed by atoms with E-state index in [2.05, 4.69) is 17.2 Å². The lowest BCUT2D eigenvalue weighted by Gasteiger charge is -2.43. The van der Waals surface area contributed by atoms with Crippen LogP contribution in [0.2, 0.25) is 5.02 Å². The van der Waals surface area contributed by atoms with E-state index in [1.54, 1.807) is 6.20 Å². The number of pyridine rings is 1. The molecule has 0 radical (unpaired) electrons. The van der Waals surface area contributed by atoms with Crippen LogP contribution in [0.15, 0.2) is 12.3 Å². The molecule has 2 heterocycles. The molecule has 1 saturated heterocycles. The lowest BCUT2D eigenvalue weighted by atomic mass is 9.82. The summed E-state index contributed by atoms with van der Waals surface area (Å²) in [7, 11) is 0. The lowest BCUT2D eigenvalue weighted by Crippen LogP contribution is -2.50. The van der Waals surface area contributed by atoms with Crippen molar-refractivity contribution in [2.45, 2.75) is 38.3 Å². The van der Waals surface area contributed by atoms with Crippen molar-refractivity contribution < 1.29 is 9.47 Å². The van der Waals surface area contributed by atoms with Crippen LogP contribution < -0.4 is 11.1 Å². The van der Waals surface area contributed by atoms with Gasteiger partial charge >= 0.3 is 0 Å². The summed E-state index contributed by atoms with van der Waals surface area (Å²) in [5.41, 5.74) is 6.66. The highest BCUT2D eigenvalue weighted by Gasteiger charge is 2.42. The van der Waals surface area contributed by atoms with Gasteiger partial charge in [-0.05, 0) is 19.5 Å². The van der Waals surface area contributed by atoms with E-state index in [0.717, 1.165) is 24.9 Å². The Hall–Kier alpha value is -0.880. The van der Waals surface area contributed by atoms with Crippen LogP contribution in [0.25, 0.3) is 0 Å². The Kier molecular flexibility index (Phi) is 5.81. The fourth-order valence-corrected chi connectivity index (χ4v) is 3.17. The average molecular weight is 314 g/mol. The fraction of sp³-hybridized carbons (Fsp3) is 0.667. The number of anilines is 1. The zero-order chi connectivity index (χ0) is 15.3. The standard InChI is InChI=1S/C15H24ClN3O2/c1-3-18-13(12-9-11(16)10-19-14(12)17)15(21-4-2)5-7-20-8-6-15/h9-10,13,18H,3-8H2,1-2H3,(H2,17,19). The summed E-state index contributed by atoms with van der Waals surface area (Å²) in [5.74, 6) is 0.496. The minimum Gasteiger partial charge on any atom is -0.383 e. The average Bonchev–Trinajstić information content (AvgIpc) is 2.49. The second kappa shape index (κ2) is 7.40. The third-order valence-corrected chi connectivity index (χ3v) is 4.14. The van der Waals surface area contributed by atoms with E-state index < -0.39 is 0 Å². The van der Waals surface area contributed by atoms with E-state index in [4.69, 9.17) is 26.8 Å². The predicted molar refractivity (Wildman–Crippen MR) is 84.5 cm³/mol. The van der Waals surface area contributed by atoms with Gasteiger partial charge in [-0.1, -0.05) is 18.5 Å². The van der Waals surface area contributed by atoms with Crippen molar-refractivity contribution in [2.75, 3.05) is 32.1 Å². The minimum atomic E-state index is -0.330. The zero-order valence-electron chi connectivity index (χ0n) is 12.7. The van der Waals surface area contributed by atoms with Crippen LogP contribution in [-0.4, -0.2) is 37.0 Å². The fourth-order valence-electron chi connectivity index (χ4n) is 3.00. The number of hydrogen-bond acceptors (Lipinski definition) is 5. The van der Waals surface area contributed by atoms with Gasteiger partial charge < -0.3 is 20.5 Å². The molecule has 0 spiro atoms. The smallest absolute Gasteiger partial charge is 0.128 e. The van der Waals surface area contributed by atoms with Gasteiger partial charge in [0.2, 0.25) is 0 Å². The van der Waals surface area contributed by atoms with Gasteiger partial charge in [-0.25, -0.2) is 4.98 Å². The van der Waals surface area contributed by atoms with E-state index in [0.29, 0.717) is 30.7 Å². The summed E-state index contributed by atoms with van der Waals surface area (Å²) < 4.78 is 11.7. The van der Waals surface area contributed by atoms with Crippen molar-refractivity contribution in [3.63, 3.8) is 0 Å². The molecule has 6 heteroatoms. The molecule has 0 aromatic carbocycles. The molecule has 1 unspecified atom stereocenters. The zero-order valence-corrected chi connectivity index (χ0v) is 13.4. The van der Waals surface area contributed by atoms with E-state index in [9.17, 15) is 0 Å². The third kappa shape index (κ3) is 3.66. The maximum atomic E-state index is 6.17. The Balaban J connectivity index is 2.41. The maximum absolute atomic E-state index is 6.17. The quantitative estimate of drug-likeness (QED) is 0.844. The van der Waals surface area contributed by atoms with Crippen molar-refractivity contribution in [3.8, 4) is 0 Å². The third-order valence-electron chi connectivity index (χ3n) is 3.93. The summed E-state index contributed by atoms with van der Waals surface area (Å²) in [5, 5.41) is 4.09. The summed E-state index contributed by atoms with van der Waals surface area (Å²) in [4.78, 5) is 4.19. The van der Waals surface area contributed by atoms with Crippen LogP contribution in [0.3, 0.4) is 0 Å². The highest BCUT2D eigenvalue weighted by Crippen LogP contribution is 2.40. The van der Waals surface area contributed by atoms with Crippen LogP contribution >= 0.6 is 11.6 Å². The molecule has 1 aliphatic rings. The highest BCUT2D eigenvalue weighted by molar-refractivity contribution is 6.30. The topological polar surface area (TPSA) is 69.4 Å². The molecule has 1 fully saturated rings. The second-order valence-corrected chi connectivity index (χ2v) is 5.67. The SMILES string of the molecule is CCNC(c1cc(Cl)cnc1N)C1(OCC)CCOCC1. The van der Waals surface area contributed by atoms with Crippen LogP contribution in [0.5, 0.6) is 0 Å². The monoisotopic (exact) mass is 313 g/mol. The Labute approximate surface area is 131 Å². The predicted octanol–water partition coefficient (Wildman–Crippen LogP) is 2.55. The van der Waals surface area contributed by atoms with Crippen LogP contribution in [-0.2, 0) is 9.47 Å². The number of likely N-dealkylation sites (N-methyl/N-ethyl adjacent to an activating group) is 1. The molecule has 1 aromatic rings. The summed E-state index contributed by atoms with van der Waals surface area (Å²) in [6.45, 7) is 6.92. The molecular formula is C15H24ClN3O2. The Morgan fingerprint density at radius 1 is 1.48 bits per heavy atom. The normalized spacial score (nSPS) is 19.4. The van der Waals surface area contributed by atoms with Crippen LogP contribution in [0, 0.1) is 0 Å². The van der Waals surface area contributed by atoms with Gasteiger partial charge in [-0.15, -0.1) is 0 Å². The first-order valence-electron chi connectivity index (χ1n) is 7.49. The van der Waals surface area contributed by atoms with Gasteiger partial charge in [0.15, 0.2) is 0 Å². The Bertz CT molecular complexity index is 459. The number of rotatable bonds is 6. The van der Waals surface area contributed by atoms with Gasteiger partial charge in [0, 0.05) is 44.4 Å². The van der Waals surface area contributed by atoms with Crippen LogP contribution in [0.4, 0.5) is 5.82 Å². The van der Waals surface area contributed by atoms with Gasteiger partial charge in [0.1, 0.15) is 5.82 Å². The molecule has 3 N–H and O–H groups in total. The molecule has 2 rings (SSSR count). The highest BCUT2D eigenvalue weighted by atomic mass is 35.5. The minimum absolute atomic E-state index is 0.0439. The Morgan fingerprint density at radius 3 is 2.81 bits per heavy atom. The van der Waals surface area contributed by atoms with Gasteiger partial charge in [0.05, 0.1) is 16.7 Å². The number of halogens is 1. The first kappa shape index (κ1) is 16.5. The first-order valence-corrected chi connectivity index (χ1v) is 7.86. The first-order chi connectivity index (χ1) is 10.1. The molecule has 21 heavy (non-hydrogen) atoms. The van der Waals surface area contributed by atoms with E-state index in [1.807, 2.05) is 13.0 Å². The van der Waals surface area contributed by atoms with E-state index in [1.165, 1.54) is 0 Å². The number of nitrogens with one attached hydrogen (secondary N) is 1. The number of nitrogens with zero attached hydrogens (tertiary/aromatic N) is 1. The molecular weight excluding hydrogens is 290 g/mol. The number of nitrogen functional groups attached to an aromatic ring is 1. The van der Waals surface area contributed by atoms with Crippen LogP contribution in [0.1, 0.15) is 38.3 Å². The summed E-state index contributed by atoms with van der Waals surface area (Å²) in [6, 6.07) is 1.84. The van der Waals surface area contributed by atoms with Crippen molar-refractivity contribution in [3.05, 3.63) is 22.8 Å². The van der Waals surface area contributed by atoms with E-state index in [-0.39, 0.29) is 11.6 Å². The molecule has 0 aliphatic carbocycles. The largest absolute Gasteiger partial charge is 0.383 e. The Morgan fingerprint density at radius 2 is 2.19 bits per heavy atom. The molecule has 5 nitrogen and oxygen atoms in total. The van der Waals surface area contributed by atoms with Gasteiger partial charge in [0.25, 0.3) is 0 Å². The molecule has 0 bridgehead atoms. The van der Waals surface area contributed by atoms with Crippen molar-refractivity contribution in [1.82, 2.24) is 10.3 Å². The van der Waals surface area contributed by atoms with E-state index >= 15 is 0 Å². The summed E-state index contributed by atoms with van der Waals surface area (Å²) in [6.07, 6.45) is 3.22. The molecule has 1 aliphatic heterocycles. The van der Waals surface area contributed by atoms with Crippen molar-refractivity contribution in [1.29, 1.82) is 0 Å². The van der Waals surface area contributed by atoms with Crippen molar-refractivity contribution >= 4 is 17.4 Å². The lowest BCUT2D eigenvalue weighted by molar-refractivity contribution is -0.127. The van der Waals surface area contributed by atoms with Gasteiger partial charge in [-0.3, -0.25) is 0 Å². The molecule has 1 atom stereocenters. The second-order valence-electron chi connectivity index (χ2n) is 5.23. The molecule has 0 amide bonds. The molecule has 118 valence electrons. The summed E-state index contributed by atoms with van der Waals surface area (Å²) >= 11 is 6.11.